The van der Waals surface area contributed by atoms with Crippen molar-refractivity contribution in [2.45, 2.75) is 11.2 Å². The van der Waals surface area contributed by atoms with Gasteiger partial charge in [-0.3, -0.25) is 9.59 Å². The number of amides is 2. The summed E-state index contributed by atoms with van der Waals surface area (Å²) in [5.41, 5.74) is 1.30. The number of fused-ring (bicyclic) bond motifs is 12. The molecule has 0 saturated heterocycles. The van der Waals surface area contributed by atoms with Gasteiger partial charge in [0.05, 0.1) is 24.2 Å². The molecule has 6 aromatic carbocycles. The Bertz CT molecular complexity index is 2950. The van der Waals surface area contributed by atoms with Crippen LogP contribution >= 0.6 is 0 Å². The van der Waals surface area contributed by atoms with Crippen LogP contribution in [-0.2, 0) is 20.7 Å². The van der Waals surface area contributed by atoms with Crippen LogP contribution in [0.1, 0.15) is 74.8 Å². The summed E-state index contributed by atoms with van der Waals surface area (Å²) in [6.07, 6.45) is 10.4. The molecule has 4 heterocycles. The number of carbonyl (C=O) groups is 4. The van der Waals surface area contributed by atoms with Gasteiger partial charge in [-0.1, -0.05) is 17.9 Å². The highest BCUT2D eigenvalue weighted by Crippen LogP contribution is 2.58. The first-order chi connectivity index (χ1) is 29.9. The fraction of sp³-hybridized carbons (Fsp3) is 0.0833. The highest BCUT2D eigenvalue weighted by Gasteiger charge is 2.55. The van der Waals surface area contributed by atoms with E-state index in [9.17, 15) is 39.6 Å². The summed E-state index contributed by atoms with van der Waals surface area (Å²) >= 11 is 0. The second-order valence-corrected chi connectivity index (χ2v) is 14.4. The largest absolute Gasteiger partial charge is 0.508 e. The molecule has 62 heavy (non-hydrogen) atoms. The molecule has 6 N–H and O–H groups in total. The molecule has 2 spiro atoms. The van der Waals surface area contributed by atoms with Gasteiger partial charge in [-0.25, -0.2) is 9.59 Å². The van der Waals surface area contributed by atoms with Crippen LogP contribution in [0.4, 0.5) is 0 Å². The molecular weight excluding hydrogens is 797 g/mol. The van der Waals surface area contributed by atoms with Gasteiger partial charge in [0.25, 0.3) is 11.8 Å². The normalized spacial score (nSPS) is 14.5. The Balaban J connectivity index is 0.000000158. The van der Waals surface area contributed by atoms with E-state index in [1.807, 2.05) is 0 Å². The van der Waals surface area contributed by atoms with Gasteiger partial charge in [0, 0.05) is 68.8 Å². The lowest BCUT2D eigenvalue weighted by atomic mass is 9.77. The number of aromatic hydroxyl groups is 4. The molecule has 0 radical (unpaired) electrons. The van der Waals surface area contributed by atoms with Crippen molar-refractivity contribution in [2.75, 3.05) is 13.1 Å². The minimum atomic E-state index is -1.42. The molecular formula is C48H30N2O12. The first-order valence-corrected chi connectivity index (χ1v) is 18.8. The second kappa shape index (κ2) is 14.4. The lowest BCUT2D eigenvalue weighted by Gasteiger charge is -2.36. The zero-order valence-corrected chi connectivity index (χ0v) is 32.0. The average molecular weight is 827 g/mol. The fourth-order valence-electron chi connectivity index (χ4n) is 8.15. The van der Waals surface area contributed by atoms with Crippen LogP contribution in [0.2, 0.25) is 0 Å². The highest BCUT2D eigenvalue weighted by molar-refractivity contribution is 6.02. The van der Waals surface area contributed by atoms with E-state index in [0.29, 0.717) is 44.5 Å². The number of phenolic OH excluding ortho intramolecular Hbond substituents is 4. The van der Waals surface area contributed by atoms with Crippen LogP contribution in [-0.4, -0.2) is 57.3 Å². The monoisotopic (exact) mass is 826 g/mol. The Hall–Kier alpha value is -8.88. The maximum absolute atomic E-state index is 13.0. The SMILES string of the molecule is C#CCNC(=O)c1ccc2c(c1)C(=O)OC21c2ccc(O)cc2Oc2cc(O)ccc21.C#CCNC(=O)c1ccc2c(c1)C1(OC2=O)c2ccc(O)cc2Oc2cc(O)ccc21. The molecule has 0 saturated carbocycles. The number of rotatable bonds is 4. The first kappa shape index (κ1) is 38.6. The highest BCUT2D eigenvalue weighted by atomic mass is 16.6. The minimum absolute atomic E-state index is 0.0254. The van der Waals surface area contributed by atoms with E-state index < -0.39 is 29.0 Å². The zero-order valence-electron chi connectivity index (χ0n) is 32.0. The molecule has 6 aromatic rings. The molecule has 0 aliphatic carbocycles. The topological polar surface area (TPSA) is 210 Å². The van der Waals surface area contributed by atoms with Crippen LogP contribution in [0.3, 0.4) is 0 Å². The number of hydrogen-bond donors (Lipinski definition) is 6. The van der Waals surface area contributed by atoms with Crippen LogP contribution < -0.4 is 20.1 Å². The number of nitrogens with one attached hydrogen (secondary N) is 2. The second-order valence-electron chi connectivity index (χ2n) is 14.4. The molecule has 14 heteroatoms. The lowest BCUT2D eigenvalue weighted by Crippen LogP contribution is -2.33. The van der Waals surface area contributed by atoms with Gasteiger partial charge in [-0.05, 0) is 78.9 Å². The zero-order chi connectivity index (χ0) is 43.5. The van der Waals surface area contributed by atoms with E-state index in [1.165, 1.54) is 66.7 Å². The van der Waals surface area contributed by atoms with Crippen molar-refractivity contribution >= 4 is 23.8 Å². The van der Waals surface area contributed by atoms with Crippen molar-refractivity contribution in [2.24, 2.45) is 0 Å². The van der Waals surface area contributed by atoms with Crippen molar-refractivity contribution in [3.63, 3.8) is 0 Å². The van der Waals surface area contributed by atoms with E-state index in [2.05, 4.69) is 22.5 Å². The molecule has 0 fully saturated rings. The maximum Gasteiger partial charge on any atom is 0.340 e. The Morgan fingerprint density at radius 3 is 1.29 bits per heavy atom. The fourth-order valence-corrected chi connectivity index (χ4v) is 8.15. The lowest BCUT2D eigenvalue weighted by molar-refractivity contribution is 0.0214. The van der Waals surface area contributed by atoms with Gasteiger partial charge in [0.2, 0.25) is 0 Å². The van der Waals surface area contributed by atoms with E-state index in [-0.39, 0.29) is 76.1 Å². The predicted molar refractivity (Wildman–Crippen MR) is 218 cm³/mol. The predicted octanol–water partition coefficient (Wildman–Crippen LogP) is 6.06. The Labute approximate surface area is 351 Å². The maximum atomic E-state index is 13.0. The molecule has 0 bridgehead atoms. The van der Waals surface area contributed by atoms with Crippen molar-refractivity contribution < 1.29 is 58.6 Å². The van der Waals surface area contributed by atoms with Gasteiger partial charge < -0.3 is 50.0 Å². The van der Waals surface area contributed by atoms with E-state index in [4.69, 9.17) is 31.8 Å². The molecule has 304 valence electrons. The van der Waals surface area contributed by atoms with Gasteiger partial charge in [0.1, 0.15) is 46.0 Å². The van der Waals surface area contributed by atoms with Crippen LogP contribution in [0, 0.1) is 24.7 Å². The number of carbonyl (C=O) groups excluding carboxylic acids is 4. The smallest absolute Gasteiger partial charge is 0.340 e. The summed E-state index contributed by atoms with van der Waals surface area (Å²) < 4.78 is 23.7. The summed E-state index contributed by atoms with van der Waals surface area (Å²) in [4.78, 5) is 50.6. The van der Waals surface area contributed by atoms with Gasteiger partial charge in [-0.15, -0.1) is 12.8 Å². The van der Waals surface area contributed by atoms with Crippen LogP contribution in [0.25, 0.3) is 0 Å². The Morgan fingerprint density at radius 2 is 0.855 bits per heavy atom. The van der Waals surface area contributed by atoms with Crippen LogP contribution in [0.5, 0.6) is 46.0 Å². The number of phenols is 4. The average Bonchev–Trinajstić information content (AvgIpc) is 3.71. The van der Waals surface area contributed by atoms with E-state index in [0.717, 1.165) is 0 Å². The Kier molecular flexibility index (Phi) is 9.00. The number of terminal acetylenes is 2. The standard InChI is InChI=1S/2C24H15NO6/c1-2-9-25-22(28)13-3-6-17-16(10-13)23(29)31-24(17)18-7-4-14(26)11-20(18)30-21-12-15(27)5-8-19(21)24;1-2-9-25-22(28)13-3-6-16-19(10-13)24(31-23(16)29)17-7-4-14(26)11-20(17)30-21-12-15(27)5-8-18(21)24/h2*1,3-8,10-12,26-27H,9H2,(H,25,28). The first-order valence-electron chi connectivity index (χ1n) is 18.8. The molecule has 4 aliphatic heterocycles. The van der Waals surface area contributed by atoms with Gasteiger partial charge in [-0.2, -0.15) is 0 Å². The quantitative estimate of drug-likeness (QED) is 0.0886. The van der Waals surface area contributed by atoms with Crippen molar-refractivity contribution in [1.29, 1.82) is 0 Å². The van der Waals surface area contributed by atoms with Crippen molar-refractivity contribution in [1.82, 2.24) is 10.6 Å². The summed E-state index contributed by atoms with van der Waals surface area (Å²) in [6, 6.07) is 27.3. The number of ether oxygens (including phenoxy) is 4. The summed E-state index contributed by atoms with van der Waals surface area (Å²) in [5.74, 6) is 3.68. The number of esters is 2. The van der Waals surface area contributed by atoms with Gasteiger partial charge >= 0.3 is 11.9 Å². The third kappa shape index (κ3) is 5.93. The van der Waals surface area contributed by atoms with E-state index in [1.54, 1.807) is 42.5 Å². The summed E-state index contributed by atoms with van der Waals surface area (Å²) in [7, 11) is 0. The van der Waals surface area contributed by atoms with E-state index >= 15 is 0 Å². The minimum Gasteiger partial charge on any atom is -0.508 e. The molecule has 10 rings (SSSR count). The third-order valence-corrected chi connectivity index (χ3v) is 10.8. The molecule has 4 aliphatic rings. The molecule has 2 amide bonds. The third-order valence-electron chi connectivity index (χ3n) is 10.8. The van der Waals surface area contributed by atoms with Gasteiger partial charge in [0.15, 0.2) is 11.2 Å². The summed E-state index contributed by atoms with van der Waals surface area (Å²) in [5, 5.41) is 45.0. The Morgan fingerprint density at radius 1 is 0.484 bits per heavy atom. The van der Waals surface area contributed by atoms with Crippen molar-refractivity contribution in [3.05, 3.63) is 165 Å². The van der Waals surface area contributed by atoms with Crippen LogP contribution in [0.15, 0.2) is 109 Å². The van der Waals surface area contributed by atoms with Crippen molar-refractivity contribution in [3.8, 4) is 70.7 Å². The number of hydrogen-bond acceptors (Lipinski definition) is 12. The molecule has 0 atom stereocenters. The molecule has 14 nitrogen and oxygen atoms in total. The molecule has 0 aromatic heterocycles. The molecule has 0 unspecified atom stereocenters. The number of benzene rings is 6. The summed E-state index contributed by atoms with van der Waals surface area (Å²) in [6.45, 7) is 0.129.